The van der Waals surface area contributed by atoms with Crippen molar-refractivity contribution in [3.63, 3.8) is 0 Å². The fraction of sp³-hybridized carbons (Fsp3) is 0.615. The lowest BCUT2D eigenvalue weighted by atomic mass is 10.4. The van der Waals surface area contributed by atoms with E-state index in [0.29, 0.717) is 19.0 Å². The van der Waals surface area contributed by atoms with Gasteiger partial charge in [0.15, 0.2) is 5.96 Å². The average Bonchev–Trinajstić information content (AvgIpc) is 2.82. The molecule has 0 saturated carbocycles. The quantitative estimate of drug-likeness (QED) is 0.413. The largest absolute Gasteiger partial charge is 0.355 e. The molecule has 1 aromatic rings. The summed E-state index contributed by atoms with van der Waals surface area (Å²) in [4.78, 5) is 22.1. The van der Waals surface area contributed by atoms with Crippen LogP contribution in [0.3, 0.4) is 0 Å². The minimum atomic E-state index is -0.0223. The van der Waals surface area contributed by atoms with Gasteiger partial charge in [-0.25, -0.2) is 4.98 Å². The van der Waals surface area contributed by atoms with Crippen molar-refractivity contribution < 1.29 is 4.79 Å². The molecular weight excluding hydrogens is 401 g/mol. The van der Waals surface area contributed by atoms with Crippen LogP contribution in [0.15, 0.2) is 10.4 Å². The second kappa shape index (κ2) is 10.8. The molecule has 21 heavy (non-hydrogen) atoms. The summed E-state index contributed by atoms with van der Waals surface area (Å²) in [5.41, 5.74) is 1.01. The monoisotopic (exact) mass is 425 g/mol. The molecule has 0 atom stereocenters. The number of aromatic nitrogens is 1. The van der Waals surface area contributed by atoms with Crippen LogP contribution in [0.25, 0.3) is 0 Å². The lowest BCUT2D eigenvalue weighted by Crippen LogP contribution is -2.43. The van der Waals surface area contributed by atoms with E-state index < -0.39 is 0 Å². The fourth-order valence-electron chi connectivity index (χ4n) is 1.67. The average molecular weight is 425 g/mol. The molecule has 0 radical (unpaired) electrons. The van der Waals surface area contributed by atoms with Crippen LogP contribution < -0.4 is 10.6 Å². The highest BCUT2D eigenvalue weighted by atomic mass is 127. The van der Waals surface area contributed by atoms with Gasteiger partial charge in [-0.1, -0.05) is 6.92 Å². The van der Waals surface area contributed by atoms with Crippen LogP contribution in [0.1, 0.15) is 24.0 Å². The number of hydrogen-bond acceptors (Lipinski definition) is 4. The Kier molecular flexibility index (Phi) is 10.3. The van der Waals surface area contributed by atoms with Gasteiger partial charge in [0.05, 0.1) is 23.8 Å². The Morgan fingerprint density at radius 1 is 1.48 bits per heavy atom. The Hall–Kier alpha value is -0.900. The number of nitrogens with one attached hydrogen (secondary N) is 2. The van der Waals surface area contributed by atoms with Crippen molar-refractivity contribution in [1.82, 2.24) is 20.5 Å². The van der Waals surface area contributed by atoms with Gasteiger partial charge in [-0.05, 0) is 13.3 Å². The van der Waals surface area contributed by atoms with Gasteiger partial charge in [0.1, 0.15) is 0 Å². The van der Waals surface area contributed by atoms with Crippen LogP contribution in [0.2, 0.25) is 0 Å². The summed E-state index contributed by atoms with van der Waals surface area (Å²) in [6.45, 7) is 5.61. The Bertz CT molecular complexity index is 463. The smallest absolute Gasteiger partial charge is 0.239 e. The number of rotatable bonds is 6. The minimum absolute atomic E-state index is 0. The molecule has 1 amide bonds. The van der Waals surface area contributed by atoms with E-state index in [2.05, 4.69) is 20.6 Å². The number of carbonyl (C=O) groups is 1. The van der Waals surface area contributed by atoms with E-state index in [1.807, 2.05) is 31.2 Å². The van der Waals surface area contributed by atoms with Gasteiger partial charge in [-0.2, -0.15) is 0 Å². The number of halogens is 1. The maximum atomic E-state index is 11.5. The Balaban J connectivity index is 0.00000400. The Morgan fingerprint density at radius 3 is 2.71 bits per heavy atom. The summed E-state index contributed by atoms with van der Waals surface area (Å²) in [6, 6.07) is 0. The number of thiazole rings is 1. The molecule has 0 saturated heterocycles. The van der Waals surface area contributed by atoms with E-state index in [9.17, 15) is 4.79 Å². The predicted octanol–water partition coefficient (Wildman–Crippen LogP) is 1.60. The molecule has 6 nitrogen and oxygen atoms in total. The Morgan fingerprint density at radius 2 is 2.19 bits per heavy atom. The highest BCUT2D eigenvalue weighted by Gasteiger charge is 2.09. The summed E-state index contributed by atoms with van der Waals surface area (Å²) >= 11 is 1.63. The van der Waals surface area contributed by atoms with Gasteiger partial charge in [0.2, 0.25) is 5.91 Å². The van der Waals surface area contributed by atoms with Crippen molar-refractivity contribution in [3.05, 3.63) is 16.1 Å². The summed E-state index contributed by atoms with van der Waals surface area (Å²) in [6.07, 6.45) is 0.934. The Labute approximate surface area is 147 Å². The SMILES string of the molecule is CCCNC(=O)CNC(=NC)N(C)Cc1csc(C)n1.I. The molecule has 0 aliphatic heterocycles. The number of aliphatic imine (C=N–C) groups is 1. The zero-order valence-corrected chi connectivity index (χ0v) is 16.1. The van der Waals surface area contributed by atoms with Crippen LogP contribution in [0.5, 0.6) is 0 Å². The van der Waals surface area contributed by atoms with Crippen LogP contribution in [-0.2, 0) is 11.3 Å². The van der Waals surface area contributed by atoms with Gasteiger partial charge < -0.3 is 15.5 Å². The van der Waals surface area contributed by atoms with Crippen LogP contribution in [0.4, 0.5) is 0 Å². The number of guanidine groups is 1. The van der Waals surface area contributed by atoms with Crippen molar-refractivity contribution in [2.45, 2.75) is 26.8 Å². The van der Waals surface area contributed by atoms with Gasteiger partial charge in [-0.3, -0.25) is 9.79 Å². The molecule has 0 aromatic carbocycles. The number of carbonyl (C=O) groups excluding carboxylic acids is 1. The van der Waals surface area contributed by atoms with Gasteiger partial charge >= 0.3 is 0 Å². The number of aryl methyl sites for hydroxylation is 1. The molecular formula is C13H24IN5OS. The van der Waals surface area contributed by atoms with Crippen molar-refractivity contribution >= 4 is 47.2 Å². The lowest BCUT2D eigenvalue weighted by Gasteiger charge is -2.20. The number of hydrogen-bond donors (Lipinski definition) is 2. The first-order valence-electron chi connectivity index (χ1n) is 6.66. The molecule has 120 valence electrons. The fourth-order valence-corrected chi connectivity index (χ4v) is 2.27. The zero-order valence-electron chi connectivity index (χ0n) is 13.0. The van der Waals surface area contributed by atoms with E-state index in [1.54, 1.807) is 18.4 Å². The van der Waals surface area contributed by atoms with Crippen molar-refractivity contribution in [2.24, 2.45) is 4.99 Å². The molecule has 0 aliphatic carbocycles. The molecule has 1 heterocycles. The third kappa shape index (κ3) is 7.60. The minimum Gasteiger partial charge on any atom is -0.355 e. The second-order valence-electron chi connectivity index (χ2n) is 4.46. The summed E-state index contributed by atoms with van der Waals surface area (Å²) in [5.74, 6) is 0.660. The highest BCUT2D eigenvalue weighted by molar-refractivity contribution is 14.0. The van der Waals surface area contributed by atoms with Crippen molar-refractivity contribution in [2.75, 3.05) is 27.2 Å². The van der Waals surface area contributed by atoms with Crippen LogP contribution >= 0.6 is 35.3 Å². The van der Waals surface area contributed by atoms with E-state index in [1.165, 1.54) is 0 Å². The van der Waals surface area contributed by atoms with E-state index in [-0.39, 0.29) is 36.4 Å². The summed E-state index contributed by atoms with van der Waals surface area (Å²) in [5, 5.41) is 8.95. The summed E-state index contributed by atoms with van der Waals surface area (Å²) in [7, 11) is 3.63. The number of nitrogens with zero attached hydrogens (tertiary/aromatic N) is 3. The van der Waals surface area contributed by atoms with E-state index >= 15 is 0 Å². The standard InChI is InChI=1S/C13H23N5OS.HI/c1-5-6-15-12(19)7-16-13(14-3)18(4)8-11-9-20-10(2)17-11;/h9H,5-8H2,1-4H3,(H,14,16)(H,15,19);1H. The maximum absolute atomic E-state index is 11.5. The molecule has 1 rings (SSSR count). The van der Waals surface area contributed by atoms with Crippen molar-refractivity contribution in [1.29, 1.82) is 0 Å². The first kappa shape index (κ1) is 20.1. The van der Waals surface area contributed by atoms with Crippen LogP contribution in [0, 0.1) is 6.92 Å². The topological polar surface area (TPSA) is 69.6 Å². The molecule has 8 heteroatoms. The second-order valence-corrected chi connectivity index (χ2v) is 5.53. The van der Waals surface area contributed by atoms with Gasteiger partial charge in [-0.15, -0.1) is 35.3 Å². The molecule has 0 unspecified atom stereocenters. The summed E-state index contributed by atoms with van der Waals surface area (Å²) < 4.78 is 0. The maximum Gasteiger partial charge on any atom is 0.239 e. The third-order valence-corrected chi connectivity index (χ3v) is 3.44. The van der Waals surface area contributed by atoms with Gasteiger partial charge in [0, 0.05) is 26.0 Å². The first-order chi connectivity index (χ1) is 9.56. The van der Waals surface area contributed by atoms with E-state index in [0.717, 1.165) is 17.1 Å². The predicted molar refractivity (Wildman–Crippen MR) is 98.4 cm³/mol. The number of amides is 1. The first-order valence-corrected chi connectivity index (χ1v) is 7.54. The normalized spacial score (nSPS) is 10.8. The molecule has 0 fully saturated rings. The molecule has 0 bridgehead atoms. The third-order valence-electron chi connectivity index (χ3n) is 2.62. The zero-order chi connectivity index (χ0) is 15.0. The van der Waals surface area contributed by atoms with Crippen molar-refractivity contribution in [3.8, 4) is 0 Å². The van der Waals surface area contributed by atoms with Gasteiger partial charge in [0.25, 0.3) is 0 Å². The molecule has 1 aromatic heterocycles. The molecule has 2 N–H and O–H groups in total. The molecule has 0 spiro atoms. The highest BCUT2D eigenvalue weighted by Crippen LogP contribution is 2.09. The molecule has 0 aliphatic rings. The lowest BCUT2D eigenvalue weighted by molar-refractivity contribution is -0.120. The van der Waals surface area contributed by atoms with Crippen LogP contribution in [-0.4, -0.2) is 48.9 Å². The van der Waals surface area contributed by atoms with E-state index in [4.69, 9.17) is 0 Å².